The molecule has 7 heteroatoms. The molecule has 102 valence electrons. The SMILES string of the molecule is CS(=O)(=O)c1c[nH]c(=S)c(C#N)c1-c1ccc(F)cc1. The standard InChI is InChI=1S/C13H9FN2O2S2/c1-20(17,18)11-7-16-13(19)10(6-15)12(11)8-2-4-9(14)5-3-8/h2-5,7H,1H3,(H,16,19). The number of hydrogen-bond donors (Lipinski definition) is 1. The molecule has 2 aromatic rings. The summed E-state index contributed by atoms with van der Waals surface area (Å²) in [6, 6.07) is 7.11. The van der Waals surface area contributed by atoms with Gasteiger partial charge < -0.3 is 4.98 Å². The zero-order valence-corrected chi connectivity index (χ0v) is 12.0. The Kier molecular flexibility index (Phi) is 3.70. The summed E-state index contributed by atoms with van der Waals surface area (Å²) in [5, 5.41) is 9.20. The van der Waals surface area contributed by atoms with Crippen LogP contribution in [0.25, 0.3) is 11.1 Å². The first-order valence-electron chi connectivity index (χ1n) is 5.46. The van der Waals surface area contributed by atoms with E-state index in [4.69, 9.17) is 12.2 Å². The molecule has 2 rings (SSSR count). The van der Waals surface area contributed by atoms with Gasteiger partial charge in [-0.3, -0.25) is 0 Å². The van der Waals surface area contributed by atoms with Crippen LogP contribution in [0, 0.1) is 21.8 Å². The van der Waals surface area contributed by atoms with Crippen LogP contribution in [-0.2, 0) is 9.84 Å². The minimum atomic E-state index is -3.56. The summed E-state index contributed by atoms with van der Waals surface area (Å²) in [6.07, 6.45) is 2.28. The molecular formula is C13H9FN2O2S2. The lowest BCUT2D eigenvalue weighted by molar-refractivity contribution is 0.601. The Morgan fingerprint density at radius 3 is 2.40 bits per heavy atom. The Bertz CT molecular complexity index is 863. The van der Waals surface area contributed by atoms with Crippen molar-refractivity contribution in [2.75, 3.05) is 6.26 Å². The first-order valence-corrected chi connectivity index (χ1v) is 7.76. The summed E-state index contributed by atoms with van der Waals surface area (Å²) >= 11 is 5.00. The summed E-state index contributed by atoms with van der Waals surface area (Å²) in [5.74, 6) is -0.450. The Labute approximate surface area is 120 Å². The van der Waals surface area contributed by atoms with Crippen LogP contribution >= 0.6 is 12.2 Å². The van der Waals surface area contributed by atoms with Crippen LogP contribution in [0.3, 0.4) is 0 Å². The van der Waals surface area contributed by atoms with Gasteiger partial charge in [-0.25, -0.2) is 12.8 Å². The van der Waals surface area contributed by atoms with Crippen LogP contribution < -0.4 is 0 Å². The van der Waals surface area contributed by atoms with E-state index >= 15 is 0 Å². The largest absolute Gasteiger partial charge is 0.350 e. The fourth-order valence-electron chi connectivity index (χ4n) is 1.81. The van der Waals surface area contributed by atoms with E-state index in [2.05, 4.69) is 4.98 Å². The summed E-state index contributed by atoms with van der Waals surface area (Å²) < 4.78 is 36.8. The maximum atomic E-state index is 13.0. The van der Waals surface area contributed by atoms with Crippen molar-refractivity contribution in [2.24, 2.45) is 0 Å². The number of nitrogens with one attached hydrogen (secondary N) is 1. The van der Waals surface area contributed by atoms with Gasteiger partial charge in [0.25, 0.3) is 0 Å². The van der Waals surface area contributed by atoms with Crippen LogP contribution in [0.15, 0.2) is 35.4 Å². The number of nitriles is 1. The molecular weight excluding hydrogens is 299 g/mol. The third-order valence-corrected chi connectivity index (χ3v) is 4.14. The molecule has 1 N–H and O–H groups in total. The smallest absolute Gasteiger partial charge is 0.177 e. The van der Waals surface area contributed by atoms with Gasteiger partial charge in [-0.15, -0.1) is 0 Å². The maximum absolute atomic E-state index is 13.0. The fourth-order valence-corrected chi connectivity index (χ4v) is 2.88. The zero-order valence-electron chi connectivity index (χ0n) is 10.3. The topological polar surface area (TPSA) is 73.7 Å². The molecule has 0 fully saturated rings. The Morgan fingerprint density at radius 1 is 1.30 bits per heavy atom. The van der Waals surface area contributed by atoms with Gasteiger partial charge in [0.15, 0.2) is 9.84 Å². The molecule has 1 aromatic carbocycles. The quantitative estimate of drug-likeness (QED) is 0.866. The minimum Gasteiger partial charge on any atom is -0.350 e. The van der Waals surface area contributed by atoms with Crippen LogP contribution in [-0.4, -0.2) is 19.7 Å². The van der Waals surface area contributed by atoms with Crippen LogP contribution in [0.5, 0.6) is 0 Å². The summed E-state index contributed by atoms with van der Waals surface area (Å²) in [4.78, 5) is 2.54. The normalized spacial score (nSPS) is 11.1. The number of pyridine rings is 1. The Morgan fingerprint density at radius 2 is 1.90 bits per heavy atom. The minimum absolute atomic E-state index is 0.0470. The molecule has 0 aliphatic carbocycles. The molecule has 0 aliphatic rings. The van der Waals surface area contributed by atoms with Crippen molar-refractivity contribution in [3.63, 3.8) is 0 Å². The number of rotatable bonds is 2. The highest BCUT2D eigenvalue weighted by Gasteiger charge is 2.19. The molecule has 0 amide bonds. The van der Waals surface area contributed by atoms with E-state index in [1.165, 1.54) is 30.5 Å². The van der Waals surface area contributed by atoms with Crippen molar-refractivity contribution in [1.29, 1.82) is 5.26 Å². The molecule has 0 spiro atoms. The van der Waals surface area contributed by atoms with Crippen LogP contribution in [0.1, 0.15) is 5.56 Å². The first kappa shape index (κ1) is 14.4. The summed E-state index contributed by atoms with van der Waals surface area (Å²) in [5.41, 5.74) is 0.664. The summed E-state index contributed by atoms with van der Waals surface area (Å²) in [6.45, 7) is 0. The summed E-state index contributed by atoms with van der Waals surface area (Å²) in [7, 11) is -3.56. The molecule has 0 unspecified atom stereocenters. The average Bonchev–Trinajstić information content (AvgIpc) is 2.38. The number of aromatic amines is 1. The lowest BCUT2D eigenvalue weighted by Gasteiger charge is -2.10. The molecule has 1 heterocycles. The number of nitrogens with zero attached hydrogens (tertiary/aromatic N) is 1. The number of benzene rings is 1. The van der Waals surface area contributed by atoms with Crippen LogP contribution in [0.2, 0.25) is 0 Å². The van der Waals surface area contributed by atoms with Crippen LogP contribution in [0.4, 0.5) is 4.39 Å². The molecule has 0 atom stereocenters. The molecule has 1 aromatic heterocycles. The number of aromatic nitrogens is 1. The van der Waals surface area contributed by atoms with Gasteiger partial charge in [-0.2, -0.15) is 5.26 Å². The number of H-pyrrole nitrogens is 1. The molecule has 20 heavy (non-hydrogen) atoms. The number of sulfone groups is 1. The van der Waals surface area contributed by atoms with E-state index in [-0.39, 0.29) is 20.7 Å². The maximum Gasteiger partial charge on any atom is 0.177 e. The highest BCUT2D eigenvalue weighted by atomic mass is 32.2. The average molecular weight is 308 g/mol. The molecule has 0 bridgehead atoms. The molecule has 0 saturated heterocycles. The second kappa shape index (κ2) is 5.15. The third kappa shape index (κ3) is 2.61. The van der Waals surface area contributed by atoms with Crippen molar-refractivity contribution in [1.82, 2.24) is 4.98 Å². The van der Waals surface area contributed by atoms with Crippen molar-refractivity contribution in [3.8, 4) is 17.2 Å². The predicted octanol–water partition coefficient (Wildman–Crippen LogP) is 2.83. The van der Waals surface area contributed by atoms with Gasteiger partial charge in [0, 0.05) is 18.0 Å². The van der Waals surface area contributed by atoms with Gasteiger partial charge in [0.05, 0.1) is 10.5 Å². The number of hydrogen-bond acceptors (Lipinski definition) is 4. The van der Waals surface area contributed by atoms with E-state index in [0.717, 1.165) is 6.26 Å². The number of halogens is 1. The lowest BCUT2D eigenvalue weighted by atomic mass is 10.0. The van der Waals surface area contributed by atoms with Gasteiger partial charge in [0.2, 0.25) is 0 Å². The first-order chi connectivity index (χ1) is 9.34. The third-order valence-electron chi connectivity index (χ3n) is 2.70. The second-order valence-corrected chi connectivity index (χ2v) is 6.52. The van der Waals surface area contributed by atoms with E-state index in [0.29, 0.717) is 5.56 Å². The van der Waals surface area contributed by atoms with Crippen molar-refractivity contribution in [3.05, 3.63) is 46.5 Å². The fraction of sp³-hybridized carbons (Fsp3) is 0.0769. The van der Waals surface area contributed by atoms with E-state index in [1.807, 2.05) is 6.07 Å². The lowest BCUT2D eigenvalue weighted by Crippen LogP contribution is -2.04. The van der Waals surface area contributed by atoms with Crippen molar-refractivity contribution in [2.45, 2.75) is 4.90 Å². The predicted molar refractivity (Wildman–Crippen MR) is 74.8 cm³/mol. The molecule has 4 nitrogen and oxygen atoms in total. The molecule has 0 aliphatic heterocycles. The molecule has 0 saturated carbocycles. The van der Waals surface area contributed by atoms with Gasteiger partial charge >= 0.3 is 0 Å². The monoisotopic (exact) mass is 308 g/mol. The highest BCUT2D eigenvalue weighted by Crippen LogP contribution is 2.30. The van der Waals surface area contributed by atoms with Crippen molar-refractivity contribution >= 4 is 22.1 Å². The van der Waals surface area contributed by atoms with E-state index in [9.17, 15) is 18.1 Å². The van der Waals surface area contributed by atoms with E-state index < -0.39 is 15.7 Å². The van der Waals surface area contributed by atoms with Gasteiger partial charge in [0.1, 0.15) is 16.5 Å². The van der Waals surface area contributed by atoms with Crippen molar-refractivity contribution < 1.29 is 12.8 Å². The Balaban J connectivity index is 2.92. The second-order valence-electron chi connectivity index (χ2n) is 4.12. The zero-order chi connectivity index (χ0) is 14.9. The van der Waals surface area contributed by atoms with Gasteiger partial charge in [-0.1, -0.05) is 24.4 Å². The molecule has 0 radical (unpaired) electrons. The van der Waals surface area contributed by atoms with Gasteiger partial charge in [-0.05, 0) is 17.7 Å². The Hall–Kier alpha value is -2.04. The van der Waals surface area contributed by atoms with E-state index in [1.54, 1.807) is 0 Å². The highest BCUT2D eigenvalue weighted by molar-refractivity contribution is 7.90.